The summed E-state index contributed by atoms with van der Waals surface area (Å²) in [6.07, 6.45) is 0. The van der Waals surface area contributed by atoms with Gasteiger partial charge in [-0.2, -0.15) is 5.26 Å². The van der Waals surface area contributed by atoms with Crippen LogP contribution >= 0.6 is 34.9 Å². The summed E-state index contributed by atoms with van der Waals surface area (Å²) >= 11 is 4.50. The van der Waals surface area contributed by atoms with Crippen LogP contribution in [0.3, 0.4) is 0 Å². The maximum atomic E-state index is 12.1. The number of aromatic nitrogens is 2. The Bertz CT molecular complexity index is 980. The Morgan fingerprint density at radius 3 is 2.71 bits per heavy atom. The van der Waals surface area contributed by atoms with Crippen LogP contribution in [0.2, 0.25) is 0 Å². The maximum absolute atomic E-state index is 12.1. The molecule has 1 heterocycles. The van der Waals surface area contributed by atoms with Crippen LogP contribution in [-0.2, 0) is 16.3 Å². The van der Waals surface area contributed by atoms with Gasteiger partial charge in [-0.05, 0) is 30.2 Å². The van der Waals surface area contributed by atoms with E-state index in [0.717, 1.165) is 21.4 Å². The number of hydrogen-bond acceptors (Lipinski definition) is 7. The Balaban J connectivity index is 1.42. The van der Waals surface area contributed by atoms with Crippen molar-refractivity contribution < 1.29 is 4.79 Å². The topological polar surface area (TPSA) is 78.7 Å². The van der Waals surface area contributed by atoms with Crippen molar-refractivity contribution in [2.45, 2.75) is 22.8 Å². The highest BCUT2D eigenvalue weighted by Gasteiger charge is 2.09. The second kappa shape index (κ2) is 10.3. The first-order chi connectivity index (χ1) is 13.6. The average Bonchev–Trinajstić information content (AvgIpc) is 3.14. The fourth-order valence-corrected chi connectivity index (χ4v) is 4.86. The van der Waals surface area contributed by atoms with Gasteiger partial charge in [0.15, 0.2) is 4.34 Å². The summed E-state index contributed by atoms with van der Waals surface area (Å²) < 4.78 is 0.798. The molecule has 0 aliphatic carbocycles. The zero-order chi connectivity index (χ0) is 19.8. The molecule has 0 radical (unpaired) electrons. The minimum atomic E-state index is -0.0718. The van der Waals surface area contributed by atoms with Crippen molar-refractivity contribution in [2.75, 3.05) is 11.1 Å². The van der Waals surface area contributed by atoms with Crippen molar-refractivity contribution in [3.63, 3.8) is 0 Å². The molecular weight excluding hydrogens is 408 g/mol. The quantitative estimate of drug-likeness (QED) is 0.408. The Hall–Kier alpha value is -2.34. The molecule has 1 N–H and O–H groups in total. The Morgan fingerprint density at radius 1 is 1.14 bits per heavy atom. The normalized spacial score (nSPS) is 10.4. The van der Waals surface area contributed by atoms with Crippen molar-refractivity contribution in [1.82, 2.24) is 10.2 Å². The third kappa shape index (κ3) is 6.37. The number of rotatable bonds is 8. The molecule has 0 unspecified atom stereocenters. The predicted octanol–water partition coefficient (Wildman–Crippen LogP) is 4.88. The molecule has 0 aliphatic heterocycles. The highest BCUT2D eigenvalue weighted by Crippen LogP contribution is 2.28. The van der Waals surface area contributed by atoms with E-state index in [9.17, 15) is 4.79 Å². The van der Waals surface area contributed by atoms with E-state index in [2.05, 4.69) is 46.7 Å². The predicted molar refractivity (Wildman–Crippen MR) is 117 cm³/mol. The summed E-state index contributed by atoms with van der Waals surface area (Å²) in [6.45, 7) is 2.06. The molecule has 2 aromatic carbocycles. The van der Waals surface area contributed by atoms with Crippen LogP contribution in [0.15, 0.2) is 52.9 Å². The molecular formula is C20H18N4OS3. The smallest absolute Gasteiger partial charge is 0.236 e. The van der Waals surface area contributed by atoms with Gasteiger partial charge >= 0.3 is 0 Å². The monoisotopic (exact) mass is 426 g/mol. The standard InChI is InChI=1S/C20H18N4OS3/c1-14-3-2-4-17(9-14)11-26-13-18(25)22-19-23-24-20(28-19)27-12-16-7-5-15(10-21)6-8-16/h2-9H,11-13H2,1H3,(H,22,23,25). The van der Waals surface area contributed by atoms with Crippen molar-refractivity contribution in [1.29, 1.82) is 5.26 Å². The van der Waals surface area contributed by atoms with Crippen LogP contribution in [0.5, 0.6) is 0 Å². The number of hydrogen-bond donors (Lipinski definition) is 1. The number of benzene rings is 2. The number of thioether (sulfide) groups is 2. The van der Waals surface area contributed by atoms with Crippen LogP contribution in [0.1, 0.15) is 22.3 Å². The van der Waals surface area contributed by atoms with Gasteiger partial charge in [0.1, 0.15) is 0 Å². The molecule has 0 aliphatic rings. The molecule has 3 rings (SSSR count). The van der Waals surface area contributed by atoms with E-state index >= 15 is 0 Å². The van der Waals surface area contributed by atoms with Gasteiger partial charge in [0, 0.05) is 11.5 Å². The van der Waals surface area contributed by atoms with E-state index in [-0.39, 0.29) is 5.91 Å². The lowest BCUT2D eigenvalue weighted by molar-refractivity contribution is -0.113. The molecule has 0 saturated heterocycles. The molecule has 28 heavy (non-hydrogen) atoms. The summed E-state index contributed by atoms with van der Waals surface area (Å²) in [4.78, 5) is 12.1. The van der Waals surface area contributed by atoms with E-state index in [1.807, 2.05) is 18.2 Å². The van der Waals surface area contributed by atoms with E-state index < -0.39 is 0 Å². The maximum Gasteiger partial charge on any atom is 0.236 e. The zero-order valence-electron chi connectivity index (χ0n) is 15.2. The fraction of sp³-hybridized carbons (Fsp3) is 0.200. The molecule has 142 valence electrons. The molecule has 0 spiro atoms. The van der Waals surface area contributed by atoms with E-state index in [1.54, 1.807) is 35.7 Å². The highest BCUT2D eigenvalue weighted by atomic mass is 32.2. The van der Waals surface area contributed by atoms with Gasteiger partial charge in [0.2, 0.25) is 11.0 Å². The van der Waals surface area contributed by atoms with Gasteiger partial charge in [-0.1, -0.05) is 65.1 Å². The molecule has 5 nitrogen and oxygen atoms in total. The third-order valence-corrected chi connectivity index (χ3v) is 6.73. The number of anilines is 1. The fourth-order valence-electron chi connectivity index (χ4n) is 2.36. The van der Waals surface area contributed by atoms with Crippen LogP contribution in [-0.4, -0.2) is 21.9 Å². The first kappa shape index (κ1) is 20.4. The lowest BCUT2D eigenvalue weighted by Crippen LogP contribution is -2.14. The number of nitrogens with one attached hydrogen (secondary N) is 1. The molecule has 3 aromatic rings. The van der Waals surface area contributed by atoms with E-state index in [0.29, 0.717) is 16.4 Å². The lowest BCUT2D eigenvalue weighted by Gasteiger charge is -2.03. The third-order valence-electron chi connectivity index (χ3n) is 3.68. The lowest BCUT2D eigenvalue weighted by atomic mass is 10.2. The molecule has 0 bridgehead atoms. The summed E-state index contributed by atoms with van der Waals surface area (Å²) in [5.41, 5.74) is 4.20. The SMILES string of the molecule is Cc1cccc(CSCC(=O)Nc2nnc(SCc3ccc(C#N)cc3)s2)c1. The molecule has 0 fully saturated rings. The average molecular weight is 427 g/mol. The molecule has 8 heteroatoms. The van der Waals surface area contributed by atoms with Crippen LogP contribution < -0.4 is 5.32 Å². The van der Waals surface area contributed by atoms with Crippen molar-refractivity contribution >= 4 is 45.9 Å². The number of nitriles is 1. The second-order valence-electron chi connectivity index (χ2n) is 6.00. The van der Waals surface area contributed by atoms with Crippen LogP contribution in [0.25, 0.3) is 0 Å². The molecule has 1 amide bonds. The number of aryl methyl sites for hydroxylation is 1. The Labute approximate surface area is 176 Å². The molecule has 1 aromatic heterocycles. The number of amides is 1. The van der Waals surface area contributed by atoms with Crippen LogP contribution in [0.4, 0.5) is 5.13 Å². The summed E-state index contributed by atoms with van der Waals surface area (Å²) in [5, 5.41) is 20.3. The number of carbonyl (C=O) groups excluding carboxylic acids is 1. The number of nitrogens with zero attached hydrogens (tertiary/aromatic N) is 3. The van der Waals surface area contributed by atoms with E-state index in [4.69, 9.17) is 5.26 Å². The van der Waals surface area contributed by atoms with Crippen LogP contribution in [0, 0.1) is 18.3 Å². The van der Waals surface area contributed by atoms with Gasteiger partial charge < -0.3 is 0 Å². The first-order valence-electron chi connectivity index (χ1n) is 8.51. The number of carbonyl (C=O) groups is 1. The summed E-state index contributed by atoms with van der Waals surface area (Å²) in [7, 11) is 0. The zero-order valence-corrected chi connectivity index (χ0v) is 17.7. The first-order valence-corrected chi connectivity index (χ1v) is 11.5. The van der Waals surface area contributed by atoms with Crippen molar-refractivity contribution in [3.8, 4) is 6.07 Å². The Kier molecular flexibility index (Phi) is 7.48. The van der Waals surface area contributed by atoms with Crippen molar-refractivity contribution in [3.05, 3.63) is 70.8 Å². The second-order valence-corrected chi connectivity index (χ2v) is 9.19. The van der Waals surface area contributed by atoms with Gasteiger partial charge in [-0.15, -0.1) is 22.0 Å². The van der Waals surface area contributed by atoms with Gasteiger partial charge in [-0.25, -0.2) is 0 Å². The summed E-state index contributed by atoms with van der Waals surface area (Å²) in [5.74, 6) is 1.84. The van der Waals surface area contributed by atoms with Crippen molar-refractivity contribution in [2.24, 2.45) is 0 Å². The summed E-state index contributed by atoms with van der Waals surface area (Å²) in [6, 6.07) is 17.9. The molecule has 0 atom stereocenters. The van der Waals surface area contributed by atoms with E-state index in [1.165, 1.54) is 22.5 Å². The molecule has 0 saturated carbocycles. The minimum Gasteiger partial charge on any atom is -0.300 e. The minimum absolute atomic E-state index is 0.0718. The highest BCUT2D eigenvalue weighted by molar-refractivity contribution is 8.00. The Morgan fingerprint density at radius 2 is 1.96 bits per heavy atom. The van der Waals surface area contributed by atoms with Gasteiger partial charge in [0.05, 0.1) is 17.4 Å². The van der Waals surface area contributed by atoms with Gasteiger partial charge in [-0.3, -0.25) is 10.1 Å². The van der Waals surface area contributed by atoms with Gasteiger partial charge in [0.25, 0.3) is 0 Å². The largest absolute Gasteiger partial charge is 0.300 e.